The Bertz CT molecular complexity index is 256. The summed E-state index contributed by atoms with van der Waals surface area (Å²) in [6.07, 6.45) is 2.71. The van der Waals surface area contributed by atoms with Crippen molar-refractivity contribution in [3.8, 4) is 0 Å². The van der Waals surface area contributed by atoms with Crippen LogP contribution in [-0.4, -0.2) is 37.2 Å². The minimum Gasteiger partial charge on any atom is -0.317 e. The van der Waals surface area contributed by atoms with E-state index in [0.717, 1.165) is 11.2 Å². The SMILES string of the molecule is CC1(C)C(CNCCSC2CCNCC2)C1(C)C. The van der Waals surface area contributed by atoms with Crippen molar-refractivity contribution in [1.29, 1.82) is 0 Å². The predicted molar refractivity (Wildman–Crippen MR) is 82.3 cm³/mol. The first kappa shape index (κ1) is 14.7. The first-order chi connectivity index (χ1) is 8.46. The Kier molecular flexibility index (Phi) is 4.66. The molecule has 0 aromatic carbocycles. The van der Waals surface area contributed by atoms with Crippen molar-refractivity contribution < 1.29 is 0 Å². The molecule has 2 N–H and O–H groups in total. The Balaban J connectivity index is 1.52. The topological polar surface area (TPSA) is 24.1 Å². The third kappa shape index (κ3) is 3.05. The van der Waals surface area contributed by atoms with Crippen LogP contribution in [0.1, 0.15) is 40.5 Å². The normalized spacial score (nSPS) is 27.3. The zero-order chi connectivity index (χ0) is 13.2. The second-order valence-corrected chi connectivity index (χ2v) is 8.43. The summed E-state index contributed by atoms with van der Waals surface area (Å²) in [5, 5.41) is 7.99. The molecular formula is C15H30N2S. The largest absolute Gasteiger partial charge is 0.317 e. The summed E-state index contributed by atoms with van der Waals surface area (Å²) in [5.41, 5.74) is 1.06. The summed E-state index contributed by atoms with van der Waals surface area (Å²) in [7, 11) is 0. The fraction of sp³-hybridized carbons (Fsp3) is 1.00. The zero-order valence-corrected chi connectivity index (χ0v) is 13.3. The number of hydrogen-bond donors (Lipinski definition) is 2. The first-order valence-corrected chi connectivity index (χ1v) is 8.54. The molecule has 1 aliphatic heterocycles. The van der Waals surface area contributed by atoms with Crippen molar-refractivity contribution in [1.82, 2.24) is 10.6 Å². The molecule has 1 saturated carbocycles. The smallest absolute Gasteiger partial charge is 0.00716 e. The predicted octanol–water partition coefficient (Wildman–Crippen LogP) is 2.74. The summed E-state index contributed by atoms with van der Waals surface area (Å²) in [5.74, 6) is 2.13. The van der Waals surface area contributed by atoms with E-state index < -0.39 is 0 Å². The van der Waals surface area contributed by atoms with Crippen LogP contribution in [0.5, 0.6) is 0 Å². The molecule has 0 aromatic heterocycles. The van der Waals surface area contributed by atoms with Gasteiger partial charge in [-0.1, -0.05) is 27.7 Å². The molecule has 0 unspecified atom stereocenters. The number of hydrogen-bond acceptors (Lipinski definition) is 3. The van der Waals surface area contributed by atoms with Gasteiger partial charge in [-0.25, -0.2) is 0 Å². The molecule has 1 aliphatic carbocycles. The van der Waals surface area contributed by atoms with E-state index in [0.29, 0.717) is 10.8 Å². The van der Waals surface area contributed by atoms with Crippen LogP contribution in [0.4, 0.5) is 0 Å². The number of thioether (sulfide) groups is 1. The molecule has 1 saturated heterocycles. The lowest BCUT2D eigenvalue weighted by atomic mass is 10.0. The highest BCUT2D eigenvalue weighted by molar-refractivity contribution is 7.99. The highest BCUT2D eigenvalue weighted by atomic mass is 32.2. The maximum absolute atomic E-state index is 3.66. The second kappa shape index (κ2) is 5.72. The van der Waals surface area contributed by atoms with Crippen LogP contribution in [0.3, 0.4) is 0 Å². The second-order valence-electron chi connectivity index (χ2n) is 7.02. The Morgan fingerprint density at radius 1 is 1.11 bits per heavy atom. The van der Waals surface area contributed by atoms with Gasteiger partial charge >= 0.3 is 0 Å². The van der Waals surface area contributed by atoms with Crippen molar-refractivity contribution in [2.24, 2.45) is 16.7 Å². The maximum atomic E-state index is 3.66. The van der Waals surface area contributed by atoms with Gasteiger partial charge in [0.15, 0.2) is 0 Å². The summed E-state index contributed by atoms with van der Waals surface area (Å²) in [6.45, 7) is 14.4. The third-order valence-electron chi connectivity index (χ3n) is 5.59. The van der Waals surface area contributed by atoms with Crippen LogP contribution in [0.2, 0.25) is 0 Å². The van der Waals surface area contributed by atoms with Crippen LogP contribution in [0.25, 0.3) is 0 Å². The van der Waals surface area contributed by atoms with E-state index in [9.17, 15) is 0 Å². The van der Waals surface area contributed by atoms with E-state index in [-0.39, 0.29) is 0 Å². The average Bonchev–Trinajstić information content (AvgIpc) is 2.72. The molecule has 3 heteroatoms. The fourth-order valence-electron chi connectivity index (χ4n) is 3.35. The summed E-state index contributed by atoms with van der Waals surface area (Å²) < 4.78 is 0. The van der Waals surface area contributed by atoms with Crippen LogP contribution in [0.15, 0.2) is 0 Å². The molecule has 106 valence electrons. The lowest BCUT2D eigenvalue weighted by Gasteiger charge is -2.22. The van der Waals surface area contributed by atoms with E-state index in [1.54, 1.807) is 0 Å². The van der Waals surface area contributed by atoms with Crippen molar-refractivity contribution in [2.75, 3.05) is 31.9 Å². The highest BCUT2D eigenvalue weighted by Crippen LogP contribution is 2.67. The molecule has 0 atom stereocenters. The molecule has 0 spiro atoms. The van der Waals surface area contributed by atoms with E-state index in [4.69, 9.17) is 0 Å². The monoisotopic (exact) mass is 270 g/mol. The van der Waals surface area contributed by atoms with Gasteiger partial charge in [0.05, 0.1) is 0 Å². The van der Waals surface area contributed by atoms with E-state index >= 15 is 0 Å². The number of rotatable bonds is 6. The number of piperidine rings is 1. The standard InChI is InChI=1S/C15H30N2S/c1-14(2)13(15(14,3)4)11-17-9-10-18-12-5-7-16-8-6-12/h12-13,16-17H,5-11H2,1-4H3. The molecule has 2 nitrogen and oxygen atoms in total. The lowest BCUT2D eigenvalue weighted by molar-refractivity contribution is 0.457. The molecular weight excluding hydrogens is 240 g/mol. The molecule has 1 heterocycles. The molecule has 18 heavy (non-hydrogen) atoms. The van der Waals surface area contributed by atoms with E-state index in [1.165, 1.54) is 44.8 Å². The molecule has 2 rings (SSSR count). The van der Waals surface area contributed by atoms with Gasteiger partial charge in [0.1, 0.15) is 0 Å². The van der Waals surface area contributed by atoms with Gasteiger partial charge in [-0.2, -0.15) is 11.8 Å². The molecule has 0 amide bonds. The van der Waals surface area contributed by atoms with Crippen LogP contribution in [0, 0.1) is 16.7 Å². The summed E-state index contributed by atoms with van der Waals surface area (Å²) in [4.78, 5) is 0. The minimum atomic E-state index is 0.530. The van der Waals surface area contributed by atoms with E-state index in [1.807, 2.05) is 0 Å². The zero-order valence-electron chi connectivity index (χ0n) is 12.5. The molecule has 2 aliphatic rings. The van der Waals surface area contributed by atoms with Gasteiger partial charge in [-0.15, -0.1) is 0 Å². The fourth-order valence-corrected chi connectivity index (χ4v) is 4.51. The Hall–Kier alpha value is 0.270. The minimum absolute atomic E-state index is 0.530. The molecule has 0 bridgehead atoms. The summed E-state index contributed by atoms with van der Waals surface area (Å²) >= 11 is 2.17. The van der Waals surface area contributed by atoms with E-state index in [2.05, 4.69) is 50.1 Å². The van der Waals surface area contributed by atoms with Crippen molar-refractivity contribution in [2.45, 2.75) is 45.8 Å². The van der Waals surface area contributed by atoms with Gasteiger partial charge in [-0.05, 0) is 49.2 Å². The summed E-state index contributed by atoms with van der Waals surface area (Å²) in [6, 6.07) is 0. The Morgan fingerprint density at radius 3 is 2.28 bits per heavy atom. The Morgan fingerprint density at radius 2 is 1.72 bits per heavy atom. The maximum Gasteiger partial charge on any atom is 0.00716 e. The van der Waals surface area contributed by atoms with Gasteiger partial charge in [-0.3, -0.25) is 0 Å². The van der Waals surface area contributed by atoms with Crippen LogP contribution in [-0.2, 0) is 0 Å². The van der Waals surface area contributed by atoms with Gasteiger partial charge in [0.2, 0.25) is 0 Å². The molecule has 0 radical (unpaired) electrons. The van der Waals surface area contributed by atoms with Crippen molar-refractivity contribution in [3.63, 3.8) is 0 Å². The molecule has 2 fully saturated rings. The van der Waals surface area contributed by atoms with Crippen molar-refractivity contribution in [3.05, 3.63) is 0 Å². The third-order valence-corrected chi connectivity index (χ3v) is 6.97. The average molecular weight is 270 g/mol. The quantitative estimate of drug-likeness (QED) is 0.726. The number of nitrogens with one attached hydrogen (secondary N) is 2. The van der Waals surface area contributed by atoms with Crippen LogP contribution >= 0.6 is 11.8 Å². The van der Waals surface area contributed by atoms with Gasteiger partial charge in [0.25, 0.3) is 0 Å². The Labute approximate surface area is 117 Å². The highest BCUT2D eigenvalue weighted by Gasteiger charge is 2.63. The van der Waals surface area contributed by atoms with Crippen molar-refractivity contribution >= 4 is 11.8 Å². The van der Waals surface area contributed by atoms with Gasteiger partial charge in [0, 0.05) is 17.5 Å². The lowest BCUT2D eigenvalue weighted by Crippen LogP contribution is -2.30. The molecule has 0 aromatic rings. The first-order valence-electron chi connectivity index (χ1n) is 7.49. The van der Waals surface area contributed by atoms with Gasteiger partial charge < -0.3 is 10.6 Å². The van der Waals surface area contributed by atoms with Crippen LogP contribution < -0.4 is 10.6 Å².